The Morgan fingerprint density at radius 3 is 2.44 bits per heavy atom. The van der Waals surface area contributed by atoms with Crippen LogP contribution in [0.3, 0.4) is 0 Å². The van der Waals surface area contributed by atoms with E-state index in [2.05, 4.69) is 21.8 Å². The number of hydrogen-bond acceptors (Lipinski definition) is 4. The van der Waals surface area contributed by atoms with Crippen LogP contribution in [0.1, 0.15) is 39.0 Å². The Morgan fingerprint density at radius 1 is 1.28 bits per heavy atom. The molecule has 1 aromatic rings. The predicted octanol–water partition coefficient (Wildman–Crippen LogP) is 2.10. The summed E-state index contributed by atoms with van der Waals surface area (Å²) >= 11 is 0. The summed E-state index contributed by atoms with van der Waals surface area (Å²) in [6.07, 6.45) is 7.74. The van der Waals surface area contributed by atoms with E-state index >= 15 is 0 Å². The van der Waals surface area contributed by atoms with E-state index in [1.807, 2.05) is 0 Å². The maximum absolute atomic E-state index is 12.9. The minimum Gasteiger partial charge on any atom is -0.338 e. The van der Waals surface area contributed by atoms with Crippen molar-refractivity contribution in [1.82, 2.24) is 9.97 Å². The monoisotopic (exact) mass is 252 g/mol. The third-order valence-corrected chi connectivity index (χ3v) is 3.51. The molecule has 2 N–H and O–H groups in total. The summed E-state index contributed by atoms with van der Waals surface area (Å²) in [6.45, 7) is 3.04. The van der Waals surface area contributed by atoms with Gasteiger partial charge in [0, 0.05) is 18.6 Å². The van der Waals surface area contributed by atoms with Crippen molar-refractivity contribution in [3.8, 4) is 0 Å². The van der Waals surface area contributed by atoms with Gasteiger partial charge >= 0.3 is 0 Å². The fraction of sp³-hybridized carbons (Fsp3) is 0.692. The van der Waals surface area contributed by atoms with Crippen LogP contribution in [0.2, 0.25) is 0 Å². The van der Waals surface area contributed by atoms with E-state index in [0.29, 0.717) is 18.0 Å². The maximum Gasteiger partial charge on any atom is 0.225 e. The van der Waals surface area contributed by atoms with E-state index in [4.69, 9.17) is 5.73 Å². The first-order valence-corrected chi connectivity index (χ1v) is 6.70. The molecule has 4 nitrogen and oxygen atoms in total. The van der Waals surface area contributed by atoms with Crippen molar-refractivity contribution in [2.45, 2.75) is 51.1 Å². The van der Waals surface area contributed by atoms with Crippen molar-refractivity contribution in [3.63, 3.8) is 0 Å². The predicted molar refractivity (Wildman–Crippen MR) is 69.9 cm³/mol. The van der Waals surface area contributed by atoms with Crippen molar-refractivity contribution in [2.75, 3.05) is 11.4 Å². The molecular formula is C13H21FN4. The summed E-state index contributed by atoms with van der Waals surface area (Å²) in [6, 6.07) is 0.772. The van der Waals surface area contributed by atoms with E-state index in [9.17, 15) is 4.39 Å². The molecule has 1 saturated carbocycles. The molecule has 1 aliphatic rings. The Kier molecular flexibility index (Phi) is 4.47. The van der Waals surface area contributed by atoms with Crippen LogP contribution in [0.15, 0.2) is 12.4 Å². The second-order valence-electron chi connectivity index (χ2n) is 4.96. The molecule has 0 radical (unpaired) electrons. The van der Waals surface area contributed by atoms with Crippen LogP contribution >= 0.6 is 0 Å². The molecule has 1 aromatic heterocycles. The van der Waals surface area contributed by atoms with Crippen molar-refractivity contribution in [1.29, 1.82) is 0 Å². The van der Waals surface area contributed by atoms with Crippen LogP contribution in [0.4, 0.5) is 10.3 Å². The Bertz CT molecular complexity index is 360. The molecule has 0 saturated heterocycles. The number of nitrogens with two attached hydrogens (primary N) is 1. The molecule has 0 aromatic carbocycles. The molecule has 0 amide bonds. The molecule has 18 heavy (non-hydrogen) atoms. The van der Waals surface area contributed by atoms with Crippen LogP contribution in [-0.2, 0) is 0 Å². The van der Waals surface area contributed by atoms with Crippen molar-refractivity contribution in [3.05, 3.63) is 18.2 Å². The van der Waals surface area contributed by atoms with Crippen molar-refractivity contribution < 1.29 is 4.39 Å². The Hall–Kier alpha value is -1.23. The highest BCUT2D eigenvalue weighted by molar-refractivity contribution is 5.30. The minimum absolute atomic E-state index is 0.332. The van der Waals surface area contributed by atoms with Gasteiger partial charge in [0.25, 0.3) is 0 Å². The third kappa shape index (κ3) is 3.16. The average Bonchev–Trinajstić information content (AvgIpc) is 2.39. The van der Waals surface area contributed by atoms with E-state index in [1.165, 1.54) is 12.4 Å². The number of rotatable bonds is 4. The second kappa shape index (κ2) is 6.09. The highest BCUT2D eigenvalue weighted by Gasteiger charge is 2.25. The zero-order valence-electron chi connectivity index (χ0n) is 10.8. The second-order valence-corrected chi connectivity index (χ2v) is 4.96. The first-order valence-electron chi connectivity index (χ1n) is 6.70. The van der Waals surface area contributed by atoms with Crippen molar-refractivity contribution in [2.24, 2.45) is 5.73 Å². The van der Waals surface area contributed by atoms with Crippen LogP contribution in [-0.4, -0.2) is 28.6 Å². The molecular weight excluding hydrogens is 231 g/mol. The zero-order valence-corrected chi connectivity index (χ0v) is 10.8. The molecule has 5 heteroatoms. The minimum atomic E-state index is -0.388. The van der Waals surface area contributed by atoms with E-state index < -0.39 is 0 Å². The maximum atomic E-state index is 12.9. The lowest BCUT2D eigenvalue weighted by Gasteiger charge is -2.36. The van der Waals surface area contributed by atoms with Gasteiger partial charge in [0.05, 0.1) is 12.4 Å². The van der Waals surface area contributed by atoms with Gasteiger partial charge in [-0.25, -0.2) is 14.4 Å². The smallest absolute Gasteiger partial charge is 0.225 e. The Balaban J connectivity index is 2.09. The summed E-state index contributed by atoms with van der Waals surface area (Å²) in [5.74, 6) is 0.250. The topological polar surface area (TPSA) is 55.0 Å². The number of anilines is 1. The Morgan fingerprint density at radius 2 is 1.89 bits per heavy atom. The highest BCUT2D eigenvalue weighted by Crippen LogP contribution is 2.25. The molecule has 100 valence electrons. The van der Waals surface area contributed by atoms with E-state index in [0.717, 1.165) is 38.6 Å². The van der Waals surface area contributed by atoms with Gasteiger partial charge in [0.2, 0.25) is 5.95 Å². The summed E-state index contributed by atoms with van der Waals surface area (Å²) < 4.78 is 12.9. The fourth-order valence-corrected chi connectivity index (χ4v) is 2.55. The molecule has 0 aliphatic heterocycles. The average molecular weight is 252 g/mol. The van der Waals surface area contributed by atoms with Gasteiger partial charge in [0.1, 0.15) is 0 Å². The number of nitrogens with zero attached hydrogens (tertiary/aromatic N) is 3. The van der Waals surface area contributed by atoms with Gasteiger partial charge in [0.15, 0.2) is 5.82 Å². The van der Waals surface area contributed by atoms with Crippen LogP contribution in [0, 0.1) is 5.82 Å². The molecule has 1 aliphatic carbocycles. The highest BCUT2D eigenvalue weighted by atomic mass is 19.1. The third-order valence-electron chi connectivity index (χ3n) is 3.51. The molecule has 1 heterocycles. The van der Waals surface area contributed by atoms with Gasteiger partial charge < -0.3 is 10.6 Å². The fourth-order valence-electron chi connectivity index (χ4n) is 2.55. The normalized spacial score (nSPS) is 23.9. The lowest BCUT2D eigenvalue weighted by atomic mass is 9.91. The summed E-state index contributed by atoms with van der Waals surface area (Å²) in [4.78, 5) is 10.4. The summed E-state index contributed by atoms with van der Waals surface area (Å²) in [5.41, 5.74) is 5.93. The van der Waals surface area contributed by atoms with Gasteiger partial charge in [-0.2, -0.15) is 0 Å². The summed E-state index contributed by atoms with van der Waals surface area (Å²) in [7, 11) is 0. The lowest BCUT2D eigenvalue weighted by Crippen LogP contribution is -2.42. The molecule has 0 atom stereocenters. The first-order chi connectivity index (χ1) is 8.70. The van der Waals surface area contributed by atoms with E-state index in [1.54, 1.807) is 0 Å². The molecule has 1 fully saturated rings. The molecule has 0 unspecified atom stereocenters. The standard InChI is InChI=1S/C13H21FN4/c1-2-7-18(12-5-3-11(15)4-6-12)13-16-8-10(14)9-17-13/h8-9,11-12H,2-7,15H2,1H3. The van der Waals surface area contributed by atoms with Gasteiger partial charge in [-0.1, -0.05) is 6.92 Å². The molecule has 0 bridgehead atoms. The number of aromatic nitrogens is 2. The van der Waals surface area contributed by atoms with Gasteiger partial charge in [-0.15, -0.1) is 0 Å². The first kappa shape index (κ1) is 13.2. The SMILES string of the molecule is CCCN(c1ncc(F)cn1)C1CCC(N)CC1. The lowest BCUT2D eigenvalue weighted by molar-refractivity contribution is 0.372. The van der Waals surface area contributed by atoms with Crippen molar-refractivity contribution >= 4 is 5.95 Å². The quantitative estimate of drug-likeness (QED) is 0.891. The molecule has 0 spiro atoms. The van der Waals surface area contributed by atoms with Crippen LogP contribution in [0.25, 0.3) is 0 Å². The van der Waals surface area contributed by atoms with Gasteiger partial charge in [-0.05, 0) is 32.1 Å². The number of halogens is 1. The van der Waals surface area contributed by atoms with Gasteiger partial charge in [-0.3, -0.25) is 0 Å². The molecule has 2 rings (SSSR count). The summed E-state index contributed by atoms with van der Waals surface area (Å²) in [5, 5.41) is 0. The van der Waals surface area contributed by atoms with E-state index in [-0.39, 0.29) is 5.82 Å². The largest absolute Gasteiger partial charge is 0.338 e. The number of hydrogen-bond donors (Lipinski definition) is 1. The van der Waals surface area contributed by atoms with Crippen LogP contribution < -0.4 is 10.6 Å². The zero-order chi connectivity index (χ0) is 13.0. The van der Waals surface area contributed by atoms with Crippen LogP contribution in [0.5, 0.6) is 0 Å². The Labute approximate surface area is 107 Å².